The summed E-state index contributed by atoms with van der Waals surface area (Å²) in [6.07, 6.45) is 3.82. The molecule has 23 heavy (non-hydrogen) atoms. The number of likely N-dealkylation sites (tertiary alicyclic amines) is 1. The van der Waals surface area contributed by atoms with Crippen molar-refractivity contribution >= 4 is 0 Å². The lowest BCUT2D eigenvalue weighted by Crippen LogP contribution is -2.35. The predicted octanol–water partition coefficient (Wildman–Crippen LogP) is 1.08. The highest BCUT2D eigenvalue weighted by molar-refractivity contribution is 4.88. The first-order valence-electron chi connectivity index (χ1n) is 8.62. The van der Waals surface area contributed by atoms with Crippen molar-refractivity contribution < 1.29 is 14.0 Å². The van der Waals surface area contributed by atoms with E-state index in [-0.39, 0.29) is 0 Å². The van der Waals surface area contributed by atoms with Crippen molar-refractivity contribution in [2.24, 2.45) is 0 Å². The lowest BCUT2D eigenvalue weighted by Gasteiger charge is -2.23. The zero-order valence-electron chi connectivity index (χ0n) is 14.2. The van der Waals surface area contributed by atoms with E-state index in [2.05, 4.69) is 27.0 Å². The monoisotopic (exact) mass is 324 g/mol. The van der Waals surface area contributed by atoms with Crippen LogP contribution in [0.15, 0.2) is 4.52 Å². The van der Waals surface area contributed by atoms with Gasteiger partial charge in [0.1, 0.15) is 0 Å². The van der Waals surface area contributed by atoms with Gasteiger partial charge in [-0.05, 0) is 32.9 Å². The molecular formula is C16H28N4O3. The van der Waals surface area contributed by atoms with E-state index >= 15 is 0 Å². The molecular weight excluding hydrogens is 296 g/mol. The van der Waals surface area contributed by atoms with Gasteiger partial charge in [0.05, 0.1) is 25.9 Å². The molecule has 7 heteroatoms. The zero-order valence-corrected chi connectivity index (χ0v) is 14.2. The molecule has 2 fully saturated rings. The molecule has 2 atom stereocenters. The molecule has 130 valence electrons. The Hall–Kier alpha value is -1.02. The van der Waals surface area contributed by atoms with Crippen molar-refractivity contribution in [2.45, 2.75) is 44.9 Å². The van der Waals surface area contributed by atoms with Crippen LogP contribution in [0.25, 0.3) is 0 Å². The fourth-order valence-electron chi connectivity index (χ4n) is 3.32. The van der Waals surface area contributed by atoms with Crippen LogP contribution in [-0.4, -0.2) is 78.6 Å². The van der Waals surface area contributed by atoms with Gasteiger partial charge in [-0.3, -0.25) is 9.80 Å². The second kappa shape index (κ2) is 8.19. The molecule has 0 radical (unpaired) electrons. The molecule has 0 spiro atoms. The van der Waals surface area contributed by atoms with Crippen LogP contribution in [0.1, 0.15) is 31.0 Å². The second-order valence-electron chi connectivity index (χ2n) is 6.60. The average molecular weight is 324 g/mol. The molecule has 2 saturated heterocycles. The minimum Gasteiger partial charge on any atom is -0.377 e. The van der Waals surface area contributed by atoms with Crippen molar-refractivity contribution in [1.82, 2.24) is 19.9 Å². The summed E-state index contributed by atoms with van der Waals surface area (Å²) in [7, 11) is 2.13. The van der Waals surface area contributed by atoms with Gasteiger partial charge >= 0.3 is 0 Å². The molecule has 3 heterocycles. The van der Waals surface area contributed by atoms with E-state index in [4.69, 9.17) is 14.0 Å². The highest BCUT2D eigenvalue weighted by Crippen LogP contribution is 2.16. The maximum atomic E-state index is 5.76. The molecule has 1 aromatic rings. The summed E-state index contributed by atoms with van der Waals surface area (Å²) in [4.78, 5) is 9.06. The van der Waals surface area contributed by atoms with Crippen molar-refractivity contribution in [1.29, 1.82) is 0 Å². The van der Waals surface area contributed by atoms with E-state index in [0.717, 1.165) is 58.2 Å². The van der Waals surface area contributed by atoms with Crippen molar-refractivity contribution in [2.75, 3.05) is 46.5 Å². The standard InChI is InChI=1S/C16H28N4O3/c1-13-17-16(18-23-13)11-19(2)14-5-6-20(10-14)7-9-21-12-15-4-3-8-22-15/h14-15H,3-12H2,1-2H3/t14-,15-/m0/s1. The van der Waals surface area contributed by atoms with E-state index in [1.807, 2.05) is 6.92 Å². The molecule has 0 bridgehead atoms. The molecule has 0 N–H and O–H groups in total. The molecule has 0 aromatic carbocycles. The predicted molar refractivity (Wildman–Crippen MR) is 85.1 cm³/mol. The summed E-state index contributed by atoms with van der Waals surface area (Å²) in [5, 5.41) is 3.97. The SMILES string of the molecule is Cc1nc(CN(C)[C@H]2CCN(CCOC[C@@H]3CCCO3)C2)no1. The highest BCUT2D eigenvalue weighted by atomic mass is 16.5. The number of aryl methyl sites for hydroxylation is 1. The summed E-state index contributed by atoms with van der Waals surface area (Å²) in [6, 6.07) is 0.548. The van der Waals surface area contributed by atoms with Gasteiger partial charge < -0.3 is 14.0 Å². The van der Waals surface area contributed by atoms with Gasteiger partial charge in [0.25, 0.3) is 0 Å². The van der Waals surface area contributed by atoms with Gasteiger partial charge in [-0.2, -0.15) is 4.98 Å². The third-order valence-corrected chi connectivity index (χ3v) is 4.71. The van der Waals surface area contributed by atoms with E-state index in [1.165, 1.54) is 12.8 Å². The summed E-state index contributed by atoms with van der Waals surface area (Å²) >= 11 is 0. The fourth-order valence-corrected chi connectivity index (χ4v) is 3.32. The third kappa shape index (κ3) is 4.97. The molecule has 0 amide bonds. The molecule has 0 aliphatic carbocycles. The smallest absolute Gasteiger partial charge is 0.223 e. The van der Waals surface area contributed by atoms with Gasteiger partial charge in [0.15, 0.2) is 5.82 Å². The number of hydrogen-bond donors (Lipinski definition) is 0. The topological polar surface area (TPSA) is 63.9 Å². The Kier molecular flexibility index (Phi) is 5.99. The van der Waals surface area contributed by atoms with E-state index < -0.39 is 0 Å². The van der Waals surface area contributed by atoms with Crippen LogP contribution in [0.5, 0.6) is 0 Å². The molecule has 2 aliphatic heterocycles. The number of rotatable bonds is 8. The van der Waals surface area contributed by atoms with E-state index in [9.17, 15) is 0 Å². The largest absolute Gasteiger partial charge is 0.377 e. The Morgan fingerprint density at radius 2 is 2.30 bits per heavy atom. The molecule has 1 aromatic heterocycles. The first-order chi connectivity index (χ1) is 11.2. The Labute approximate surface area is 137 Å². The van der Waals surface area contributed by atoms with Crippen molar-refractivity contribution in [3.63, 3.8) is 0 Å². The first kappa shape index (κ1) is 16.8. The quantitative estimate of drug-likeness (QED) is 0.663. The minimum atomic E-state index is 0.325. The Bertz CT molecular complexity index is 476. The normalized spacial score (nSPS) is 25.7. The number of ether oxygens (including phenoxy) is 2. The van der Waals surface area contributed by atoms with Crippen LogP contribution >= 0.6 is 0 Å². The second-order valence-corrected chi connectivity index (χ2v) is 6.60. The van der Waals surface area contributed by atoms with Crippen LogP contribution in [0.4, 0.5) is 0 Å². The van der Waals surface area contributed by atoms with Crippen LogP contribution in [0.3, 0.4) is 0 Å². The lowest BCUT2D eigenvalue weighted by atomic mass is 10.2. The third-order valence-electron chi connectivity index (χ3n) is 4.71. The summed E-state index contributed by atoms with van der Waals surface area (Å²) in [5.41, 5.74) is 0. The van der Waals surface area contributed by atoms with Gasteiger partial charge in [-0.1, -0.05) is 5.16 Å². The number of hydrogen-bond acceptors (Lipinski definition) is 7. The average Bonchev–Trinajstić information content (AvgIpc) is 3.25. The van der Waals surface area contributed by atoms with Crippen molar-refractivity contribution in [3.05, 3.63) is 11.7 Å². The van der Waals surface area contributed by atoms with Crippen molar-refractivity contribution in [3.8, 4) is 0 Å². The minimum absolute atomic E-state index is 0.325. The highest BCUT2D eigenvalue weighted by Gasteiger charge is 2.26. The Morgan fingerprint density at radius 1 is 1.39 bits per heavy atom. The van der Waals surface area contributed by atoms with Gasteiger partial charge in [0.2, 0.25) is 5.89 Å². The first-order valence-corrected chi connectivity index (χ1v) is 8.62. The summed E-state index contributed by atoms with van der Waals surface area (Å²) < 4.78 is 16.4. The van der Waals surface area contributed by atoms with E-state index in [0.29, 0.717) is 18.0 Å². The van der Waals surface area contributed by atoms with Gasteiger partial charge in [-0.25, -0.2) is 0 Å². The summed E-state index contributed by atoms with van der Waals surface area (Å²) in [5.74, 6) is 1.40. The van der Waals surface area contributed by atoms with Crippen LogP contribution in [0, 0.1) is 6.92 Å². The maximum Gasteiger partial charge on any atom is 0.223 e. The summed E-state index contributed by atoms with van der Waals surface area (Å²) in [6.45, 7) is 8.21. The van der Waals surface area contributed by atoms with Crippen LogP contribution in [-0.2, 0) is 16.0 Å². The molecule has 2 aliphatic rings. The fraction of sp³-hybridized carbons (Fsp3) is 0.875. The lowest BCUT2D eigenvalue weighted by molar-refractivity contribution is 0.0116. The zero-order chi connectivity index (χ0) is 16.1. The van der Waals surface area contributed by atoms with Gasteiger partial charge in [-0.15, -0.1) is 0 Å². The number of nitrogens with zero attached hydrogens (tertiary/aromatic N) is 4. The molecule has 0 unspecified atom stereocenters. The Balaban J connectivity index is 1.31. The van der Waals surface area contributed by atoms with Crippen LogP contribution < -0.4 is 0 Å². The maximum absolute atomic E-state index is 5.76. The van der Waals surface area contributed by atoms with Crippen LogP contribution in [0.2, 0.25) is 0 Å². The number of likely N-dealkylation sites (N-methyl/N-ethyl adjacent to an activating group) is 1. The Morgan fingerprint density at radius 3 is 3.04 bits per heavy atom. The number of aromatic nitrogens is 2. The van der Waals surface area contributed by atoms with Gasteiger partial charge in [0, 0.05) is 32.7 Å². The molecule has 3 rings (SSSR count). The molecule has 0 saturated carbocycles. The van der Waals surface area contributed by atoms with E-state index in [1.54, 1.807) is 0 Å². The molecule has 7 nitrogen and oxygen atoms in total.